The molecule has 1 N–H and O–H groups in total. The number of aliphatic carboxylic acids is 1. The molecule has 1 aliphatic heterocycles. The van der Waals surface area contributed by atoms with Gasteiger partial charge in [-0.05, 0) is 32.1 Å². The maximum atomic E-state index is 11.6. The second-order valence-electron chi connectivity index (χ2n) is 4.04. The van der Waals surface area contributed by atoms with E-state index in [1.165, 1.54) is 6.42 Å². The summed E-state index contributed by atoms with van der Waals surface area (Å²) < 4.78 is 0. The number of carboxylic acid groups (broad SMARTS) is 1. The molecule has 0 aromatic heterocycles. The summed E-state index contributed by atoms with van der Waals surface area (Å²) in [6, 6.07) is 0. The summed E-state index contributed by atoms with van der Waals surface area (Å²) in [5.41, 5.74) is 0. The minimum atomic E-state index is -0.777. The number of rotatable bonds is 5. The van der Waals surface area contributed by atoms with E-state index in [1.807, 2.05) is 4.90 Å². The Morgan fingerprint density at radius 2 is 1.60 bits per heavy atom. The smallest absolute Gasteiger partial charge is 0.303 e. The van der Waals surface area contributed by atoms with Gasteiger partial charge in [0.2, 0.25) is 5.91 Å². The Morgan fingerprint density at radius 3 is 2.20 bits per heavy atom. The van der Waals surface area contributed by atoms with Crippen LogP contribution in [0.4, 0.5) is 0 Å². The summed E-state index contributed by atoms with van der Waals surface area (Å²) in [6.45, 7) is 1.77. The molecule has 0 aromatic rings. The minimum Gasteiger partial charge on any atom is -0.481 e. The van der Waals surface area contributed by atoms with Crippen LogP contribution >= 0.6 is 0 Å². The predicted molar refractivity (Wildman–Crippen MR) is 56.5 cm³/mol. The van der Waals surface area contributed by atoms with Gasteiger partial charge in [-0.2, -0.15) is 0 Å². The molecule has 86 valence electrons. The van der Waals surface area contributed by atoms with Crippen molar-refractivity contribution < 1.29 is 14.7 Å². The van der Waals surface area contributed by atoms with Crippen molar-refractivity contribution in [1.29, 1.82) is 0 Å². The summed E-state index contributed by atoms with van der Waals surface area (Å²) in [5, 5.41) is 8.43. The van der Waals surface area contributed by atoms with Gasteiger partial charge in [-0.25, -0.2) is 0 Å². The van der Waals surface area contributed by atoms with E-state index in [2.05, 4.69) is 0 Å². The van der Waals surface area contributed by atoms with Gasteiger partial charge in [-0.1, -0.05) is 0 Å². The van der Waals surface area contributed by atoms with Crippen molar-refractivity contribution in [3.63, 3.8) is 0 Å². The number of nitrogens with zero attached hydrogens (tertiary/aromatic N) is 1. The fourth-order valence-electron chi connectivity index (χ4n) is 1.85. The van der Waals surface area contributed by atoms with E-state index < -0.39 is 5.97 Å². The lowest BCUT2D eigenvalue weighted by molar-refractivity contribution is -0.137. The molecule has 4 nitrogen and oxygen atoms in total. The van der Waals surface area contributed by atoms with Crippen molar-refractivity contribution in [2.45, 2.75) is 44.9 Å². The topological polar surface area (TPSA) is 57.6 Å². The lowest BCUT2D eigenvalue weighted by Crippen LogP contribution is -2.35. The molecule has 0 radical (unpaired) electrons. The maximum absolute atomic E-state index is 11.6. The first-order chi connectivity index (χ1) is 7.20. The number of piperidine rings is 1. The Labute approximate surface area is 90.3 Å². The van der Waals surface area contributed by atoms with Gasteiger partial charge in [-0.3, -0.25) is 9.59 Å². The van der Waals surface area contributed by atoms with E-state index in [-0.39, 0.29) is 12.3 Å². The van der Waals surface area contributed by atoms with Gasteiger partial charge in [-0.15, -0.1) is 0 Å². The third kappa shape index (κ3) is 4.81. The zero-order valence-corrected chi connectivity index (χ0v) is 9.07. The molecule has 0 aromatic carbocycles. The molecule has 0 saturated carbocycles. The van der Waals surface area contributed by atoms with E-state index in [4.69, 9.17) is 5.11 Å². The van der Waals surface area contributed by atoms with Crippen LogP contribution in [0.3, 0.4) is 0 Å². The van der Waals surface area contributed by atoms with Crippen LogP contribution in [-0.4, -0.2) is 35.0 Å². The fraction of sp³-hybridized carbons (Fsp3) is 0.818. The highest BCUT2D eigenvalue weighted by Gasteiger charge is 2.15. The van der Waals surface area contributed by atoms with Crippen LogP contribution in [-0.2, 0) is 9.59 Å². The van der Waals surface area contributed by atoms with Crippen LogP contribution in [0.2, 0.25) is 0 Å². The summed E-state index contributed by atoms with van der Waals surface area (Å²) in [5.74, 6) is -0.583. The van der Waals surface area contributed by atoms with Crippen molar-refractivity contribution in [1.82, 2.24) is 4.90 Å². The van der Waals surface area contributed by atoms with Crippen molar-refractivity contribution >= 4 is 11.9 Å². The van der Waals surface area contributed by atoms with Crippen LogP contribution < -0.4 is 0 Å². The minimum absolute atomic E-state index is 0.174. The molecule has 1 aliphatic rings. The Balaban J connectivity index is 2.09. The Bertz CT molecular complexity index is 222. The predicted octanol–water partition coefficient (Wildman–Crippen LogP) is 1.64. The first kappa shape index (κ1) is 12.0. The molecule has 4 heteroatoms. The number of carbonyl (C=O) groups is 2. The molecule has 0 atom stereocenters. The van der Waals surface area contributed by atoms with Gasteiger partial charge in [0.05, 0.1) is 0 Å². The molecule has 15 heavy (non-hydrogen) atoms. The van der Waals surface area contributed by atoms with Crippen LogP contribution in [0.25, 0.3) is 0 Å². The van der Waals surface area contributed by atoms with E-state index >= 15 is 0 Å². The fourth-order valence-corrected chi connectivity index (χ4v) is 1.85. The zero-order chi connectivity index (χ0) is 11.1. The molecule has 0 spiro atoms. The second-order valence-corrected chi connectivity index (χ2v) is 4.04. The van der Waals surface area contributed by atoms with Gasteiger partial charge >= 0.3 is 5.97 Å². The van der Waals surface area contributed by atoms with Crippen molar-refractivity contribution in [2.75, 3.05) is 13.1 Å². The molecular weight excluding hydrogens is 194 g/mol. The maximum Gasteiger partial charge on any atom is 0.303 e. The van der Waals surface area contributed by atoms with Gasteiger partial charge < -0.3 is 10.0 Å². The average molecular weight is 213 g/mol. The Hall–Kier alpha value is -1.06. The summed E-state index contributed by atoms with van der Waals surface area (Å²) >= 11 is 0. The van der Waals surface area contributed by atoms with Crippen LogP contribution in [0.15, 0.2) is 0 Å². The molecule has 1 fully saturated rings. The average Bonchev–Trinajstić information content (AvgIpc) is 2.25. The lowest BCUT2D eigenvalue weighted by Gasteiger charge is -2.26. The van der Waals surface area contributed by atoms with Crippen molar-refractivity contribution in [3.05, 3.63) is 0 Å². The van der Waals surface area contributed by atoms with Gasteiger partial charge in [0.25, 0.3) is 0 Å². The van der Waals surface area contributed by atoms with Crippen LogP contribution in [0.1, 0.15) is 44.9 Å². The normalized spacial score (nSPS) is 16.4. The van der Waals surface area contributed by atoms with Crippen LogP contribution in [0, 0.1) is 0 Å². The number of likely N-dealkylation sites (tertiary alicyclic amines) is 1. The molecule has 1 heterocycles. The Morgan fingerprint density at radius 1 is 1.00 bits per heavy atom. The first-order valence-electron chi connectivity index (χ1n) is 5.70. The highest BCUT2D eigenvalue weighted by atomic mass is 16.4. The molecule has 0 aliphatic carbocycles. The number of unbranched alkanes of at least 4 members (excludes halogenated alkanes) is 1. The highest BCUT2D eigenvalue weighted by Crippen LogP contribution is 2.11. The third-order valence-corrected chi connectivity index (χ3v) is 2.74. The van der Waals surface area contributed by atoms with Crippen LogP contribution in [0.5, 0.6) is 0 Å². The zero-order valence-electron chi connectivity index (χ0n) is 9.07. The summed E-state index contributed by atoms with van der Waals surface area (Å²) in [6.07, 6.45) is 5.43. The first-order valence-corrected chi connectivity index (χ1v) is 5.70. The summed E-state index contributed by atoms with van der Waals surface area (Å²) in [4.78, 5) is 23.8. The SMILES string of the molecule is O=C(O)CCCCC(=O)N1CCCCC1. The molecule has 0 unspecified atom stereocenters. The second kappa shape index (κ2) is 6.43. The quantitative estimate of drug-likeness (QED) is 0.706. The molecule has 1 amide bonds. The third-order valence-electron chi connectivity index (χ3n) is 2.74. The number of carbonyl (C=O) groups excluding carboxylic acids is 1. The van der Waals surface area contributed by atoms with Gasteiger partial charge in [0.15, 0.2) is 0 Å². The van der Waals surface area contributed by atoms with E-state index in [0.29, 0.717) is 19.3 Å². The number of hydrogen-bond acceptors (Lipinski definition) is 2. The number of hydrogen-bond donors (Lipinski definition) is 1. The molecule has 1 saturated heterocycles. The van der Waals surface area contributed by atoms with Gasteiger partial charge in [0, 0.05) is 25.9 Å². The van der Waals surface area contributed by atoms with E-state index in [1.54, 1.807) is 0 Å². The monoisotopic (exact) mass is 213 g/mol. The number of amides is 1. The highest BCUT2D eigenvalue weighted by molar-refractivity contribution is 5.76. The van der Waals surface area contributed by atoms with E-state index in [9.17, 15) is 9.59 Å². The van der Waals surface area contributed by atoms with E-state index in [0.717, 1.165) is 25.9 Å². The standard InChI is InChI=1S/C11H19NO3/c13-10(6-2-3-7-11(14)15)12-8-4-1-5-9-12/h1-9H2,(H,14,15). The molecule has 1 rings (SSSR count). The summed E-state index contributed by atoms with van der Waals surface area (Å²) in [7, 11) is 0. The van der Waals surface area contributed by atoms with Crippen molar-refractivity contribution in [2.24, 2.45) is 0 Å². The Kier molecular flexibility index (Phi) is 5.15. The number of carboxylic acids is 1. The molecular formula is C11H19NO3. The van der Waals surface area contributed by atoms with Gasteiger partial charge in [0.1, 0.15) is 0 Å². The lowest BCUT2D eigenvalue weighted by atomic mass is 10.1. The molecule has 0 bridgehead atoms. The van der Waals surface area contributed by atoms with Crippen molar-refractivity contribution in [3.8, 4) is 0 Å². The largest absolute Gasteiger partial charge is 0.481 e.